The Labute approximate surface area is 184 Å². The molecule has 0 fully saturated rings. The Morgan fingerprint density at radius 1 is 1.10 bits per heavy atom. The Kier molecular flexibility index (Phi) is 5.69. The number of benzene rings is 2. The van der Waals surface area contributed by atoms with Gasteiger partial charge in [-0.25, -0.2) is 8.42 Å². The minimum Gasteiger partial charge on any atom is -0.386 e. The summed E-state index contributed by atoms with van der Waals surface area (Å²) in [4.78, 5) is 13.1. The number of fused-ring (bicyclic) bond motifs is 1. The molecule has 0 unspecified atom stereocenters. The van der Waals surface area contributed by atoms with Crippen LogP contribution in [-0.2, 0) is 23.1 Å². The average Bonchev–Trinajstić information content (AvgIpc) is 3.20. The van der Waals surface area contributed by atoms with Gasteiger partial charge in [0.2, 0.25) is 5.78 Å². The molecule has 0 radical (unpaired) electrons. The van der Waals surface area contributed by atoms with Crippen molar-refractivity contribution in [1.29, 1.82) is 0 Å². The molecule has 4 rings (SSSR count). The third kappa shape index (κ3) is 3.88. The lowest BCUT2D eigenvalue weighted by molar-refractivity contribution is 0.104. The Balaban J connectivity index is 1.67. The SMILES string of the molecule is Cc1ccc(CN2c3ccsc3C(=O)C(=CNCc3ccccc3Cl)S2(=O)=O)cc1. The van der Waals surface area contributed by atoms with Gasteiger partial charge in [-0.15, -0.1) is 11.3 Å². The summed E-state index contributed by atoms with van der Waals surface area (Å²) < 4.78 is 28.0. The molecule has 1 aliphatic heterocycles. The van der Waals surface area contributed by atoms with Gasteiger partial charge in [0.1, 0.15) is 4.88 Å². The number of hydrogen-bond donors (Lipinski definition) is 1. The lowest BCUT2D eigenvalue weighted by Gasteiger charge is -2.29. The van der Waals surface area contributed by atoms with Crippen molar-refractivity contribution >= 4 is 44.4 Å². The van der Waals surface area contributed by atoms with Crippen LogP contribution in [0, 0.1) is 6.92 Å². The first-order valence-corrected chi connectivity index (χ1v) is 11.9. The highest BCUT2D eigenvalue weighted by atomic mass is 35.5. The summed E-state index contributed by atoms with van der Waals surface area (Å²) in [7, 11) is -4.01. The third-order valence-corrected chi connectivity index (χ3v) is 7.88. The molecule has 2 aromatic carbocycles. The molecule has 2 heterocycles. The normalized spacial score (nSPS) is 16.5. The maximum atomic E-state index is 13.3. The fraction of sp³-hybridized carbons (Fsp3) is 0.136. The second-order valence-electron chi connectivity index (χ2n) is 6.94. The molecule has 0 saturated heterocycles. The number of aryl methyl sites for hydroxylation is 1. The highest BCUT2D eigenvalue weighted by molar-refractivity contribution is 7.97. The quantitative estimate of drug-likeness (QED) is 0.553. The summed E-state index contributed by atoms with van der Waals surface area (Å²) in [6.07, 6.45) is 1.28. The Hall–Kier alpha value is -2.61. The first-order valence-electron chi connectivity index (χ1n) is 9.25. The van der Waals surface area contributed by atoms with Crippen LogP contribution in [0.1, 0.15) is 26.4 Å². The van der Waals surface area contributed by atoms with E-state index >= 15 is 0 Å². The summed E-state index contributed by atoms with van der Waals surface area (Å²) in [5, 5.41) is 5.25. The number of allylic oxidation sites excluding steroid dienone is 1. The number of halogens is 1. The standard InChI is InChI=1S/C22H19ClN2O3S2/c1-15-6-8-16(9-7-15)14-25-19-10-11-29-22(19)21(26)20(30(25,27)28)13-24-12-17-4-2-3-5-18(17)23/h2-11,13,24H,12,14H2,1H3. The van der Waals surface area contributed by atoms with Crippen LogP contribution >= 0.6 is 22.9 Å². The van der Waals surface area contributed by atoms with Crippen molar-refractivity contribution in [2.75, 3.05) is 4.31 Å². The number of carbonyl (C=O) groups excluding carboxylic acids is 1. The molecule has 0 amide bonds. The zero-order valence-electron chi connectivity index (χ0n) is 16.1. The van der Waals surface area contributed by atoms with Gasteiger partial charge < -0.3 is 5.32 Å². The molecule has 1 aromatic heterocycles. The topological polar surface area (TPSA) is 66.5 Å². The molecular weight excluding hydrogens is 440 g/mol. The highest BCUT2D eigenvalue weighted by Crippen LogP contribution is 2.39. The van der Waals surface area contributed by atoms with Crippen molar-refractivity contribution < 1.29 is 13.2 Å². The molecule has 30 heavy (non-hydrogen) atoms. The lowest BCUT2D eigenvalue weighted by Crippen LogP contribution is -2.38. The van der Waals surface area contributed by atoms with E-state index in [0.717, 1.165) is 16.7 Å². The van der Waals surface area contributed by atoms with E-state index in [-0.39, 0.29) is 11.4 Å². The van der Waals surface area contributed by atoms with Gasteiger partial charge in [-0.05, 0) is 35.6 Å². The van der Waals surface area contributed by atoms with Crippen LogP contribution in [0.3, 0.4) is 0 Å². The number of hydrogen-bond acceptors (Lipinski definition) is 5. The molecule has 154 valence electrons. The van der Waals surface area contributed by atoms with Crippen molar-refractivity contribution in [3.8, 4) is 0 Å². The number of nitrogens with zero attached hydrogens (tertiary/aromatic N) is 1. The van der Waals surface area contributed by atoms with Crippen molar-refractivity contribution in [3.63, 3.8) is 0 Å². The van der Waals surface area contributed by atoms with Gasteiger partial charge in [-0.2, -0.15) is 0 Å². The van der Waals surface area contributed by atoms with E-state index in [9.17, 15) is 13.2 Å². The first kappa shape index (κ1) is 20.7. The van der Waals surface area contributed by atoms with Crippen molar-refractivity contribution in [3.05, 3.63) is 97.7 Å². The Morgan fingerprint density at radius 2 is 1.83 bits per heavy atom. The Bertz CT molecular complexity index is 1230. The predicted molar refractivity (Wildman–Crippen MR) is 121 cm³/mol. The van der Waals surface area contributed by atoms with Gasteiger partial charge in [-0.1, -0.05) is 59.6 Å². The zero-order valence-corrected chi connectivity index (χ0v) is 18.5. The van der Waals surface area contributed by atoms with Gasteiger partial charge in [0.25, 0.3) is 10.0 Å². The number of ketones is 1. The largest absolute Gasteiger partial charge is 0.386 e. The molecule has 1 N–H and O–H groups in total. The lowest BCUT2D eigenvalue weighted by atomic mass is 10.1. The van der Waals surface area contributed by atoms with Crippen molar-refractivity contribution in [2.24, 2.45) is 0 Å². The van der Waals surface area contributed by atoms with Crippen LogP contribution in [0.4, 0.5) is 5.69 Å². The molecule has 5 nitrogen and oxygen atoms in total. The molecule has 3 aromatic rings. The fourth-order valence-electron chi connectivity index (χ4n) is 3.21. The van der Waals surface area contributed by atoms with E-state index in [1.54, 1.807) is 17.5 Å². The van der Waals surface area contributed by atoms with Gasteiger partial charge >= 0.3 is 0 Å². The van der Waals surface area contributed by atoms with E-state index in [4.69, 9.17) is 11.6 Å². The molecule has 0 saturated carbocycles. The van der Waals surface area contributed by atoms with Crippen molar-refractivity contribution in [1.82, 2.24) is 5.32 Å². The second-order valence-corrected chi connectivity index (χ2v) is 10.1. The van der Waals surface area contributed by atoms with Crippen molar-refractivity contribution in [2.45, 2.75) is 20.0 Å². The number of rotatable bonds is 5. The van der Waals surface area contributed by atoms with Crippen LogP contribution in [-0.4, -0.2) is 14.2 Å². The summed E-state index contributed by atoms with van der Waals surface area (Å²) in [6.45, 7) is 2.44. The van der Waals surface area contributed by atoms with E-state index in [0.29, 0.717) is 22.1 Å². The van der Waals surface area contributed by atoms with Gasteiger partial charge in [0.15, 0.2) is 4.91 Å². The number of thiophene rings is 1. The summed E-state index contributed by atoms with van der Waals surface area (Å²) in [6, 6.07) is 16.6. The van der Waals surface area contributed by atoms with E-state index < -0.39 is 15.8 Å². The minimum atomic E-state index is -4.01. The monoisotopic (exact) mass is 458 g/mol. The maximum Gasteiger partial charge on any atom is 0.270 e. The van der Waals surface area contributed by atoms with Crippen LogP contribution in [0.15, 0.2) is 71.1 Å². The Morgan fingerprint density at radius 3 is 2.57 bits per heavy atom. The van der Waals surface area contributed by atoms with Crippen LogP contribution < -0.4 is 9.62 Å². The number of anilines is 1. The van der Waals surface area contributed by atoms with Gasteiger partial charge in [0, 0.05) is 17.8 Å². The highest BCUT2D eigenvalue weighted by Gasteiger charge is 2.41. The summed E-state index contributed by atoms with van der Waals surface area (Å²) in [5.74, 6) is -0.494. The van der Waals surface area contributed by atoms with Gasteiger partial charge in [0.05, 0.1) is 12.2 Å². The van der Waals surface area contributed by atoms with E-state index in [1.807, 2.05) is 49.4 Å². The number of carbonyl (C=O) groups is 1. The minimum absolute atomic E-state index is 0.154. The van der Waals surface area contributed by atoms with Gasteiger partial charge in [-0.3, -0.25) is 9.10 Å². The molecule has 0 aliphatic carbocycles. The fourth-order valence-corrected chi connectivity index (χ4v) is 5.92. The molecule has 1 aliphatic rings. The van der Waals surface area contributed by atoms with E-state index in [2.05, 4.69) is 5.32 Å². The van der Waals surface area contributed by atoms with Crippen LogP contribution in [0.5, 0.6) is 0 Å². The molecule has 0 spiro atoms. The average molecular weight is 459 g/mol. The molecular formula is C22H19ClN2O3S2. The third-order valence-electron chi connectivity index (χ3n) is 4.84. The molecule has 0 atom stereocenters. The number of Topliss-reactive ketones (excluding diaryl/α,β-unsaturated/α-hetero) is 1. The smallest absolute Gasteiger partial charge is 0.270 e. The summed E-state index contributed by atoms with van der Waals surface area (Å²) >= 11 is 7.40. The second kappa shape index (κ2) is 8.26. The zero-order chi connectivity index (χ0) is 21.3. The molecule has 8 heteroatoms. The number of nitrogens with one attached hydrogen (secondary N) is 1. The molecule has 0 bridgehead atoms. The first-order chi connectivity index (χ1) is 14.4. The van der Waals surface area contributed by atoms with Crippen LogP contribution in [0.2, 0.25) is 5.02 Å². The number of sulfonamides is 1. The predicted octanol–water partition coefficient (Wildman–Crippen LogP) is 4.87. The van der Waals surface area contributed by atoms with E-state index in [1.165, 1.54) is 21.8 Å². The van der Waals surface area contributed by atoms with Crippen LogP contribution in [0.25, 0.3) is 0 Å². The maximum absolute atomic E-state index is 13.3. The summed E-state index contributed by atoms with van der Waals surface area (Å²) in [5.41, 5.74) is 3.17.